The van der Waals surface area contributed by atoms with Crippen LogP contribution in [-0.2, 0) is 9.53 Å². The molecule has 0 bridgehead atoms. The van der Waals surface area contributed by atoms with Crippen molar-refractivity contribution in [2.45, 2.75) is 38.9 Å². The van der Waals surface area contributed by atoms with Gasteiger partial charge in [-0.25, -0.2) is 0 Å². The Bertz CT molecular complexity index is 189. The number of halogens is 1. The number of nitrogens with zero attached hydrogens (tertiary/aromatic N) is 1. The fourth-order valence-electron chi connectivity index (χ4n) is 1.67. The first-order chi connectivity index (χ1) is 6.04. The van der Waals surface area contributed by atoms with Crippen LogP contribution in [0.25, 0.3) is 0 Å². The first kappa shape index (κ1) is 13.7. The zero-order chi connectivity index (χ0) is 10.0. The maximum atomic E-state index is 11.7. The molecular weight excluding hydrogens is 204 g/mol. The van der Waals surface area contributed by atoms with Crippen LogP contribution in [0.2, 0.25) is 0 Å². The molecule has 0 aromatic heterocycles. The zero-order valence-electron chi connectivity index (χ0n) is 8.90. The molecule has 1 aliphatic rings. The van der Waals surface area contributed by atoms with E-state index in [1.165, 1.54) is 0 Å². The van der Waals surface area contributed by atoms with Crippen LogP contribution in [0.4, 0.5) is 0 Å². The molecule has 4 nitrogen and oxygen atoms in total. The van der Waals surface area contributed by atoms with Gasteiger partial charge in [-0.3, -0.25) is 4.79 Å². The second-order valence-electron chi connectivity index (χ2n) is 3.77. The summed E-state index contributed by atoms with van der Waals surface area (Å²) in [6, 6.07) is -0.132. The molecule has 2 N–H and O–H groups in total. The van der Waals surface area contributed by atoms with Crippen LogP contribution in [0.3, 0.4) is 0 Å². The van der Waals surface area contributed by atoms with Gasteiger partial charge in [-0.2, -0.15) is 0 Å². The van der Waals surface area contributed by atoms with Crippen molar-refractivity contribution in [1.82, 2.24) is 4.90 Å². The second kappa shape index (κ2) is 5.53. The molecule has 2 unspecified atom stereocenters. The van der Waals surface area contributed by atoms with Gasteiger partial charge >= 0.3 is 0 Å². The Kier molecular flexibility index (Phi) is 5.41. The van der Waals surface area contributed by atoms with Gasteiger partial charge in [0.2, 0.25) is 5.91 Å². The van der Waals surface area contributed by atoms with Gasteiger partial charge in [-0.05, 0) is 20.8 Å². The van der Waals surface area contributed by atoms with Crippen LogP contribution in [0.15, 0.2) is 0 Å². The Morgan fingerprint density at radius 2 is 1.86 bits per heavy atom. The van der Waals surface area contributed by atoms with Crippen molar-refractivity contribution in [3.63, 3.8) is 0 Å². The van der Waals surface area contributed by atoms with Crippen LogP contribution < -0.4 is 5.73 Å². The predicted octanol–water partition coefficient (Wildman–Crippen LogP) is 0.391. The van der Waals surface area contributed by atoms with Gasteiger partial charge in [0.25, 0.3) is 0 Å². The zero-order valence-corrected chi connectivity index (χ0v) is 9.71. The van der Waals surface area contributed by atoms with Crippen molar-refractivity contribution in [3.8, 4) is 0 Å². The number of ether oxygens (including phenoxy) is 1. The van der Waals surface area contributed by atoms with Crippen molar-refractivity contribution in [2.24, 2.45) is 5.73 Å². The monoisotopic (exact) mass is 222 g/mol. The van der Waals surface area contributed by atoms with Crippen molar-refractivity contribution in [2.75, 3.05) is 13.2 Å². The van der Waals surface area contributed by atoms with Gasteiger partial charge < -0.3 is 15.4 Å². The van der Waals surface area contributed by atoms with E-state index < -0.39 is 6.04 Å². The van der Waals surface area contributed by atoms with Gasteiger partial charge in [0.1, 0.15) is 0 Å². The molecule has 0 radical (unpaired) electrons. The van der Waals surface area contributed by atoms with Crippen LogP contribution in [0, 0.1) is 0 Å². The Morgan fingerprint density at radius 1 is 1.43 bits per heavy atom. The highest BCUT2D eigenvalue weighted by Gasteiger charge is 2.30. The number of nitrogens with two attached hydrogens (primary N) is 1. The van der Waals surface area contributed by atoms with Gasteiger partial charge in [0, 0.05) is 0 Å². The molecule has 1 rings (SSSR count). The van der Waals surface area contributed by atoms with Crippen LogP contribution in [0.5, 0.6) is 0 Å². The van der Waals surface area contributed by atoms with Gasteiger partial charge in [0.15, 0.2) is 0 Å². The standard InChI is InChI=1S/C9H18N2O2.ClH/c1-6-4-13-5-7(2)11(6)9(12)8(3)10;/h6-8H,4-5,10H2,1-3H3;1H/t6?,7?,8-;/m0./s1. The van der Waals surface area contributed by atoms with Crippen LogP contribution in [0.1, 0.15) is 20.8 Å². The molecule has 0 aromatic carbocycles. The smallest absolute Gasteiger partial charge is 0.239 e. The molecular formula is C9H19ClN2O2. The van der Waals surface area contributed by atoms with E-state index in [1.54, 1.807) is 6.92 Å². The molecule has 84 valence electrons. The van der Waals surface area contributed by atoms with Crippen LogP contribution in [-0.4, -0.2) is 42.1 Å². The van der Waals surface area contributed by atoms with E-state index in [0.717, 1.165) is 0 Å². The first-order valence-electron chi connectivity index (χ1n) is 4.69. The maximum Gasteiger partial charge on any atom is 0.239 e. The largest absolute Gasteiger partial charge is 0.377 e. The van der Waals surface area contributed by atoms with Crippen molar-refractivity contribution in [1.29, 1.82) is 0 Å². The molecule has 1 saturated heterocycles. The van der Waals surface area contributed by atoms with Crippen molar-refractivity contribution in [3.05, 3.63) is 0 Å². The molecule has 0 aliphatic carbocycles. The summed E-state index contributed by atoms with van der Waals surface area (Å²) in [4.78, 5) is 13.5. The Morgan fingerprint density at radius 3 is 2.21 bits per heavy atom. The van der Waals surface area contributed by atoms with E-state index in [4.69, 9.17) is 10.5 Å². The lowest BCUT2D eigenvalue weighted by Crippen LogP contribution is -2.56. The number of amides is 1. The van der Waals surface area contributed by atoms with Gasteiger partial charge in [-0.1, -0.05) is 0 Å². The van der Waals surface area contributed by atoms with Gasteiger partial charge in [-0.15, -0.1) is 12.4 Å². The minimum Gasteiger partial charge on any atom is -0.377 e. The number of hydrogen-bond acceptors (Lipinski definition) is 3. The molecule has 1 amide bonds. The molecule has 14 heavy (non-hydrogen) atoms. The first-order valence-corrected chi connectivity index (χ1v) is 4.69. The third kappa shape index (κ3) is 2.83. The molecule has 1 fully saturated rings. The second-order valence-corrected chi connectivity index (χ2v) is 3.77. The summed E-state index contributed by atoms with van der Waals surface area (Å²) < 4.78 is 5.32. The van der Waals surface area contributed by atoms with Crippen molar-refractivity contribution < 1.29 is 9.53 Å². The summed E-state index contributed by atoms with van der Waals surface area (Å²) in [6.45, 7) is 6.91. The molecule has 5 heteroatoms. The Hall–Kier alpha value is -0.320. The average Bonchev–Trinajstić information content (AvgIpc) is 2.03. The minimum atomic E-state index is -0.414. The molecule has 3 atom stereocenters. The summed E-state index contributed by atoms with van der Waals surface area (Å²) in [7, 11) is 0. The lowest BCUT2D eigenvalue weighted by atomic mass is 10.1. The fourth-order valence-corrected chi connectivity index (χ4v) is 1.67. The highest BCUT2D eigenvalue weighted by molar-refractivity contribution is 5.85. The van der Waals surface area contributed by atoms with E-state index in [-0.39, 0.29) is 30.4 Å². The molecule has 0 saturated carbocycles. The van der Waals surface area contributed by atoms with E-state index in [2.05, 4.69) is 0 Å². The predicted molar refractivity (Wildman–Crippen MR) is 57.5 cm³/mol. The third-order valence-electron chi connectivity index (χ3n) is 2.31. The maximum absolute atomic E-state index is 11.7. The normalized spacial score (nSPS) is 29.3. The highest BCUT2D eigenvalue weighted by Crippen LogP contribution is 2.13. The number of hydrogen-bond donors (Lipinski definition) is 1. The number of carbonyl (C=O) groups is 1. The molecule has 1 aliphatic heterocycles. The van der Waals surface area contributed by atoms with Crippen LogP contribution >= 0.6 is 12.4 Å². The van der Waals surface area contributed by atoms with E-state index in [0.29, 0.717) is 13.2 Å². The van der Waals surface area contributed by atoms with Crippen molar-refractivity contribution >= 4 is 18.3 Å². The number of carbonyl (C=O) groups excluding carboxylic acids is 1. The molecule has 0 aromatic rings. The summed E-state index contributed by atoms with van der Waals surface area (Å²) in [5, 5.41) is 0. The third-order valence-corrected chi connectivity index (χ3v) is 2.31. The van der Waals surface area contributed by atoms with E-state index in [9.17, 15) is 4.79 Å². The highest BCUT2D eigenvalue weighted by atomic mass is 35.5. The Labute approximate surface area is 91.2 Å². The van der Waals surface area contributed by atoms with E-state index in [1.807, 2.05) is 18.7 Å². The average molecular weight is 223 g/mol. The molecule has 1 heterocycles. The van der Waals surface area contributed by atoms with E-state index >= 15 is 0 Å². The lowest BCUT2D eigenvalue weighted by molar-refractivity contribution is -0.145. The number of morpholine rings is 1. The van der Waals surface area contributed by atoms with Gasteiger partial charge in [0.05, 0.1) is 31.3 Å². The minimum absolute atomic E-state index is 0. The summed E-state index contributed by atoms with van der Waals surface area (Å²) >= 11 is 0. The quantitative estimate of drug-likeness (QED) is 0.699. The Balaban J connectivity index is 0.00000169. The number of rotatable bonds is 1. The molecule has 0 spiro atoms. The summed E-state index contributed by atoms with van der Waals surface area (Å²) in [5.74, 6) is 0.0169. The fraction of sp³-hybridized carbons (Fsp3) is 0.889. The summed E-state index contributed by atoms with van der Waals surface area (Å²) in [5.41, 5.74) is 5.56. The summed E-state index contributed by atoms with van der Waals surface area (Å²) in [6.07, 6.45) is 0. The topological polar surface area (TPSA) is 55.6 Å². The lowest BCUT2D eigenvalue weighted by Gasteiger charge is -2.39. The SMILES string of the molecule is CC1COCC(C)N1C(=O)[C@H](C)N.Cl.